The Morgan fingerprint density at radius 3 is 2.48 bits per heavy atom. The number of likely N-dealkylation sites (tertiary alicyclic amines) is 1. The van der Waals surface area contributed by atoms with Crippen LogP contribution >= 0.6 is 0 Å². The van der Waals surface area contributed by atoms with Crippen molar-refractivity contribution >= 4 is 35.4 Å². The first-order chi connectivity index (χ1) is 20.0. The van der Waals surface area contributed by atoms with Gasteiger partial charge < -0.3 is 24.5 Å². The van der Waals surface area contributed by atoms with Gasteiger partial charge in [-0.3, -0.25) is 9.59 Å². The van der Waals surface area contributed by atoms with E-state index >= 15 is 0 Å². The summed E-state index contributed by atoms with van der Waals surface area (Å²) in [5, 5.41) is 0.284. The van der Waals surface area contributed by atoms with Crippen molar-refractivity contribution in [2.24, 2.45) is 16.6 Å². The van der Waals surface area contributed by atoms with Gasteiger partial charge in [-0.05, 0) is 63.6 Å². The van der Waals surface area contributed by atoms with Crippen LogP contribution in [0.4, 0.5) is 13.2 Å². The molecule has 11 nitrogen and oxygen atoms in total. The highest BCUT2D eigenvalue weighted by atomic mass is 19.4. The van der Waals surface area contributed by atoms with Crippen LogP contribution in [-0.4, -0.2) is 65.7 Å². The van der Waals surface area contributed by atoms with E-state index in [0.717, 1.165) is 18.9 Å². The minimum atomic E-state index is -4.64. The lowest BCUT2D eigenvalue weighted by Gasteiger charge is -2.22. The molecule has 2 amide bonds. The molecule has 2 aromatic heterocycles. The Kier molecular flexibility index (Phi) is 9.24. The van der Waals surface area contributed by atoms with Crippen molar-refractivity contribution in [3.05, 3.63) is 41.4 Å². The Balaban J connectivity index is 0.000000507. The number of oxazole rings is 1. The van der Waals surface area contributed by atoms with Crippen LogP contribution in [0.25, 0.3) is 22.4 Å². The van der Waals surface area contributed by atoms with Crippen molar-refractivity contribution in [1.82, 2.24) is 14.9 Å². The lowest BCUT2D eigenvalue weighted by atomic mass is 10.1. The van der Waals surface area contributed by atoms with E-state index in [1.807, 2.05) is 0 Å². The van der Waals surface area contributed by atoms with Crippen LogP contribution in [0.1, 0.15) is 54.5 Å². The third kappa shape index (κ3) is 6.43. The molecule has 1 aromatic carbocycles. The highest BCUT2D eigenvalue weighted by Crippen LogP contribution is 2.37. The lowest BCUT2D eigenvalue weighted by Crippen LogP contribution is -2.42. The Bertz CT molecular complexity index is 1500. The maximum Gasteiger partial charge on any atom is 0.433 e. The predicted octanol–water partition coefficient (Wildman–Crippen LogP) is 4.17. The largest absolute Gasteiger partial charge is 0.494 e. The van der Waals surface area contributed by atoms with Crippen LogP contribution in [0, 0.1) is 5.92 Å². The predicted molar refractivity (Wildman–Crippen MR) is 145 cm³/mol. The van der Waals surface area contributed by atoms with Gasteiger partial charge in [0.1, 0.15) is 23.0 Å². The number of carbonyl (C=O) groups excluding carboxylic acids is 3. The maximum absolute atomic E-state index is 13.3. The SMILES string of the molecule is C=NC(=O)C1CC1.CCOC(=O)[C@@H]1CCCN1C(=O)c1nc(-c2ccc(OC)c3nc(C(F)(F)F)ccc23)oc1CN. The van der Waals surface area contributed by atoms with Crippen molar-refractivity contribution in [2.75, 3.05) is 20.3 Å². The standard InChI is InChI=1S/C23H23F3N4O5.C5H7NO/c1-3-34-22(32)14-5-4-10-30(14)21(31)19-16(11-27)35-20(29-19)13-6-8-15(33-2)18-12(13)7-9-17(28-18)23(24,25)26;1-6-5(7)4-2-3-4/h6-9,14H,3-5,10-11,27H2,1-2H3;4H,1-3H2/t14-;/m0./s1. The second-order valence-corrected chi connectivity index (χ2v) is 9.58. The summed E-state index contributed by atoms with van der Waals surface area (Å²) in [6, 6.07) is 4.34. The summed E-state index contributed by atoms with van der Waals surface area (Å²) in [6.07, 6.45) is -1.51. The normalized spacial score (nSPS) is 16.5. The van der Waals surface area contributed by atoms with Crippen LogP contribution in [0.15, 0.2) is 33.7 Å². The summed E-state index contributed by atoms with van der Waals surface area (Å²) in [5.74, 6) is -0.614. The van der Waals surface area contributed by atoms with Gasteiger partial charge in [0.05, 0.1) is 20.3 Å². The van der Waals surface area contributed by atoms with E-state index in [1.165, 1.54) is 24.1 Å². The zero-order valence-electron chi connectivity index (χ0n) is 23.1. The minimum absolute atomic E-state index is 0.0186. The number of carbonyl (C=O) groups is 3. The number of aromatic nitrogens is 2. The third-order valence-electron chi connectivity index (χ3n) is 6.80. The maximum atomic E-state index is 13.3. The molecule has 2 fully saturated rings. The summed E-state index contributed by atoms with van der Waals surface area (Å²) < 4.78 is 55.7. The molecule has 0 radical (unpaired) electrons. The van der Waals surface area contributed by atoms with E-state index in [-0.39, 0.29) is 59.0 Å². The fourth-order valence-corrected chi connectivity index (χ4v) is 4.56. The number of hydrogen-bond acceptors (Lipinski definition) is 9. The molecule has 1 aliphatic carbocycles. The van der Waals surface area contributed by atoms with E-state index < -0.39 is 29.8 Å². The molecule has 0 bridgehead atoms. The number of fused-ring (bicyclic) bond motifs is 1. The summed E-state index contributed by atoms with van der Waals surface area (Å²) in [4.78, 5) is 48.6. The quantitative estimate of drug-likeness (QED) is 0.316. The number of halogens is 3. The second-order valence-electron chi connectivity index (χ2n) is 9.58. The van der Waals surface area contributed by atoms with Crippen molar-refractivity contribution in [1.29, 1.82) is 0 Å². The van der Waals surface area contributed by atoms with Crippen LogP contribution in [0.2, 0.25) is 0 Å². The van der Waals surface area contributed by atoms with Gasteiger partial charge in [-0.2, -0.15) is 13.2 Å². The van der Waals surface area contributed by atoms with Gasteiger partial charge >= 0.3 is 12.1 Å². The number of nitrogens with two attached hydrogens (primary N) is 1. The van der Waals surface area contributed by atoms with E-state index in [0.29, 0.717) is 24.9 Å². The van der Waals surface area contributed by atoms with E-state index in [4.69, 9.17) is 19.6 Å². The molecular weight excluding hydrogens is 559 g/mol. The summed E-state index contributed by atoms with van der Waals surface area (Å²) in [6.45, 7) is 5.17. The highest BCUT2D eigenvalue weighted by molar-refractivity contribution is 5.99. The number of esters is 1. The molecule has 224 valence electrons. The van der Waals surface area contributed by atoms with Gasteiger partial charge in [0.25, 0.3) is 5.91 Å². The fourth-order valence-electron chi connectivity index (χ4n) is 4.56. The Morgan fingerprint density at radius 1 is 1.17 bits per heavy atom. The number of nitrogens with zero attached hydrogens (tertiary/aromatic N) is 4. The summed E-state index contributed by atoms with van der Waals surface area (Å²) in [5.41, 5.74) is 4.91. The molecule has 1 aliphatic heterocycles. The number of hydrogen-bond donors (Lipinski definition) is 1. The molecular formula is C28H30F3N5O6. The minimum Gasteiger partial charge on any atom is -0.494 e. The Morgan fingerprint density at radius 2 is 1.90 bits per heavy atom. The monoisotopic (exact) mass is 589 g/mol. The molecule has 1 saturated carbocycles. The molecule has 5 rings (SSSR count). The van der Waals surface area contributed by atoms with Gasteiger partial charge in [-0.15, -0.1) is 0 Å². The van der Waals surface area contributed by atoms with Gasteiger partial charge in [0.2, 0.25) is 11.8 Å². The van der Waals surface area contributed by atoms with Crippen molar-refractivity contribution in [2.45, 2.75) is 51.4 Å². The van der Waals surface area contributed by atoms with Gasteiger partial charge in [0, 0.05) is 23.4 Å². The second kappa shape index (κ2) is 12.7. The average molecular weight is 590 g/mol. The molecule has 0 spiro atoms. The molecule has 3 heterocycles. The van der Waals surface area contributed by atoms with E-state index in [9.17, 15) is 27.6 Å². The van der Waals surface area contributed by atoms with Crippen LogP contribution in [-0.2, 0) is 27.0 Å². The number of benzene rings is 1. The average Bonchev–Trinajstić information content (AvgIpc) is 3.55. The number of ether oxygens (including phenoxy) is 2. The lowest BCUT2D eigenvalue weighted by molar-refractivity contribution is -0.147. The zero-order chi connectivity index (χ0) is 30.6. The van der Waals surface area contributed by atoms with Crippen LogP contribution < -0.4 is 10.5 Å². The smallest absolute Gasteiger partial charge is 0.433 e. The number of alkyl halides is 3. The van der Waals surface area contributed by atoms with Crippen molar-refractivity contribution < 1.29 is 41.4 Å². The number of pyridine rings is 1. The van der Waals surface area contributed by atoms with Gasteiger partial charge in [-0.25, -0.2) is 19.8 Å². The Labute approximate surface area is 238 Å². The van der Waals surface area contributed by atoms with Crippen molar-refractivity contribution in [3.8, 4) is 17.2 Å². The number of amides is 2. The first kappa shape index (κ1) is 30.6. The first-order valence-electron chi connectivity index (χ1n) is 13.3. The van der Waals surface area contributed by atoms with Crippen molar-refractivity contribution in [3.63, 3.8) is 0 Å². The first-order valence-corrected chi connectivity index (χ1v) is 13.3. The fraction of sp³-hybridized carbons (Fsp3) is 0.429. The highest BCUT2D eigenvalue weighted by Gasteiger charge is 2.38. The van der Waals surface area contributed by atoms with E-state index in [2.05, 4.69) is 21.7 Å². The summed E-state index contributed by atoms with van der Waals surface area (Å²) in [7, 11) is 1.32. The van der Waals surface area contributed by atoms with Crippen LogP contribution in [0.3, 0.4) is 0 Å². The topological polar surface area (TPSA) is 150 Å². The molecule has 0 unspecified atom stereocenters. The summed E-state index contributed by atoms with van der Waals surface area (Å²) >= 11 is 0. The zero-order valence-corrected chi connectivity index (χ0v) is 23.1. The molecule has 1 saturated heterocycles. The van der Waals surface area contributed by atoms with Gasteiger partial charge in [0.15, 0.2) is 11.5 Å². The van der Waals surface area contributed by atoms with Crippen LogP contribution in [0.5, 0.6) is 5.75 Å². The molecule has 14 heteroatoms. The molecule has 42 heavy (non-hydrogen) atoms. The number of methoxy groups -OCH3 is 1. The third-order valence-corrected chi connectivity index (χ3v) is 6.80. The Hall–Kier alpha value is -4.33. The van der Waals surface area contributed by atoms with E-state index in [1.54, 1.807) is 13.0 Å². The molecule has 3 aromatic rings. The molecule has 2 aliphatic rings. The van der Waals surface area contributed by atoms with Gasteiger partial charge in [-0.1, -0.05) is 0 Å². The molecule has 1 atom stereocenters. The molecule has 2 N–H and O–H groups in total. The number of rotatable bonds is 7. The number of aliphatic imine (C=N–C) groups is 1.